The highest BCUT2D eigenvalue weighted by molar-refractivity contribution is 7.17. The van der Waals surface area contributed by atoms with Crippen LogP contribution in [-0.4, -0.2) is 41.5 Å². The molecular weight excluding hydrogens is 468 g/mol. The van der Waals surface area contributed by atoms with Crippen LogP contribution in [0.15, 0.2) is 54.1 Å². The van der Waals surface area contributed by atoms with Crippen LogP contribution in [0.1, 0.15) is 45.0 Å². The number of ether oxygens (including phenoxy) is 2. The summed E-state index contributed by atoms with van der Waals surface area (Å²) in [6, 6.07) is 12.9. The fourth-order valence-corrected chi connectivity index (χ4v) is 4.86. The van der Waals surface area contributed by atoms with Gasteiger partial charge in [-0.1, -0.05) is 41.2 Å². The molecule has 8 nitrogen and oxygen atoms in total. The second kappa shape index (κ2) is 9.71. The van der Waals surface area contributed by atoms with Crippen LogP contribution in [0.5, 0.6) is 5.75 Å². The highest BCUT2D eigenvalue weighted by Gasteiger charge is 2.48. The summed E-state index contributed by atoms with van der Waals surface area (Å²) in [4.78, 5) is 44.8. The van der Waals surface area contributed by atoms with Gasteiger partial charge in [-0.05, 0) is 50.6 Å². The average molecular weight is 493 g/mol. The number of carbonyl (C=O) groups is 3. The number of hydrogen-bond donors (Lipinski definition) is 1. The van der Waals surface area contributed by atoms with Gasteiger partial charge in [-0.2, -0.15) is 0 Å². The number of aliphatic hydroxyl groups is 1. The molecule has 9 heteroatoms. The Kier molecular flexibility index (Phi) is 6.70. The minimum Gasteiger partial charge on any atom is -0.507 e. The van der Waals surface area contributed by atoms with E-state index in [0.717, 1.165) is 16.9 Å². The molecule has 0 unspecified atom stereocenters. The number of anilines is 1. The molecule has 1 aliphatic rings. The molecule has 1 fully saturated rings. The van der Waals surface area contributed by atoms with E-state index in [2.05, 4.69) is 4.98 Å². The Morgan fingerprint density at radius 1 is 1.09 bits per heavy atom. The quantitative estimate of drug-likeness (QED) is 0.232. The number of rotatable bonds is 6. The van der Waals surface area contributed by atoms with Crippen molar-refractivity contribution in [3.05, 3.63) is 81.4 Å². The number of amides is 1. The first kappa shape index (κ1) is 24.2. The number of methoxy groups -OCH3 is 1. The molecule has 1 N–H and O–H groups in total. The Morgan fingerprint density at radius 3 is 2.34 bits per heavy atom. The van der Waals surface area contributed by atoms with E-state index in [9.17, 15) is 19.5 Å². The van der Waals surface area contributed by atoms with Gasteiger partial charge in [0.1, 0.15) is 16.4 Å². The van der Waals surface area contributed by atoms with Crippen molar-refractivity contribution in [1.29, 1.82) is 0 Å². The van der Waals surface area contributed by atoms with Gasteiger partial charge in [0.15, 0.2) is 5.13 Å². The van der Waals surface area contributed by atoms with Gasteiger partial charge < -0.3 is 14.6 Å². The number of carbonyl (C=O) groups excluding carboxylic acids is 3. The van der Waals surface area contributed by atoms with Crippen molar-refractivity contribution in [2.45, 2.75) is 26.8 Å². The Bertz CT molecular complexity index is 1320. The lowest BCUT2D eigenvalue weighted by molar-refractivity contribution is -0.132. The van der Waals surface area contributed by atoms with Crippen molar-refractivity contribution >= 4 is 39.9 Å². The van der Waals surface area contributed by atoms with E-state index in [1.54, 1.807) is 50.2 Å². The van der Waals surface area contributed by atoms with Gasteiger partial charge in [-0.15, -0.1) is 0 Å². The number of thiazole rings is 1. The summed E-state index contributed by atoms with van der Waals surface area (Å²) in [7, 11) is 1.53. The Hall–Kier alpha value is -3.98. The van der Waals surface area contributed by atoms with Gasteiger partial charge in [0.2, 0.25) is 0 Å². The average Bonchev–Trinajstić information content (AvgIpc) is 3.36. The molecule has 3 aromatic rings. The van der Waals surface area contributed by atoms with Crippen LogP contribution in [0.25, 0.3) is 5.76 Å². The van der Waals surface area contributed by atoms with Crippen LogP contribution in [-0.2, 0) is 14.3 Å². The molecule has 180 valence electrons. The Balaban J connectivity index is 1.89. The fourth-order valence-electron chi connectivity index (χ4n) is 3.87. The maximum atomic E-state index is 13.3. The van der Waals surface area contributed by atoms with Gasteiger partial charge in [0, 0.05) is 5.56 Å². The van der Waals surface area contributed by atoms with E-state index < -0.39 is 23.7 Å². The molecule has 0 radical (unpaired) electrons. The summed E-state index contributed by atoms with van der Waals surface area (Å²) in [6.07, 6.45) is 0. The number of nitrogens with zero attached hydrogens (tertiary/aromatic N) is 2. The van der Waals surface area contributed by atoms with Crippen molar-refractivity contribution in [3.8, 4) is 5.75 Å². The first-order valence-electron chi connectivity index (χ1n) is 10.9. The molecule has 35 heavy (non-hydrogen) atoms. The minimum atomic E-state index is -0.932. The molecule has 1 amide bonds. The van der Waals surface area contributed by atoms with Crippen molar-refractivity contribution in [3.63, 3.8) is 0 Å². The zero-order valence-electron chi connectivity index (χ0n) is 19.7. The van der Waals surface area contributed by atoms with Crippen LogP contribution in [0, 0.1) is 13.8 Å². The smallest absolute Gasteiger partial charge is 0.350 e. The van der Waals surface area contributed by atoms with Gasteiger partial charge in [-0.25, -0.2) is 9.78 Å². The lowest BCUT2D eigenvalue weighted by atomic mass is 9.95. The number of hydrogen-bond acceptors (Lipinski definition) is 8. The summed E-state index contributed by atoms with van der Waals surface area (Å²) in [5.74, 6) is -1.94. The van der Waals surface area contributed by atoms with Crippen molar-refractivity contribution in [2.24, 2.45) is 0 Å². The number of Topliss-reactive ketones (excluding diaryl/α,β-unsaturated/α-hetero) is 1. The summed E-state index contributed by atoms with van der Waals surface area (Å²) >= 11 is 0.973. The van der Waals surface area contributed by atoms with E-state index in [-0.39, 0.29) is 27.9 Å². The third kappa shape index (κ3) is 4.42. The van der Waals surface area contributed by atoms with E-state index in [1.807, 2.05) is 19.1 Å². The number of aryl methyl sites for hydroxylation is 2. The number of benzene rings is 2. The monoisotopic (exact) mass is 492 g/mol. The topological polar surface area (TPSA) is 106 Å². The molecule has 1 atom stereocenters. The predicted molar refractivity (Wildman–Crippen MR) is 132 cm³/mol. The van der Waals surface area contributed by atoms with Gasteiger partial charge >= 0.3 is 11.9 Å². The second-order valence-electron chi connectivity index (χ2n) is 7.94. The molecule has 1 aromatic heterocycles. The number of esters is 1. The SMILES string of the molecule is CCOC(=O)c1sc(N2C(=O)C(=O)/C(=C(/O)c3ccc(OC)cc3)[C@@H]2c2ccc(C)cc2)nc1C. The van der Waals surface area contributed by atoms with E-state index in [1.165, 1.54) is 12.0 Å². The van der Waals surface area contributed by atoms with E-state index in [4.69, 9.17) is 9.47 Å². The third-order valence-corrected chi connectivity index (χ3v) is 6.79. The predicted octanol–water partition coefficient (Wildman–Crippen LogP) is 4.57. The van der Waals surface area contributed by atoms with Crippen molar-refractivity contribution in [2.75, 3.05) is 18.6 Å². The van der Waals surface area contributed by atoms with Crippen LogP contribution >= 0.6 is 11.3 Å². The number of ketones is 1. The third-order valence-electron chi connectivity index (χ3n) is 5.65. The maximum Gasteiger partial charge on any atom is 0.350 e. The van der Waals surface area contributed by atoms with E-state index in [0.29, 0.717) is 22.6 Å². The minimum absolute atomic E-state index is 0.0606. The second-order valence-corrected chi connectivity index (χ2v) is 8.92. The molecule has 2 aromatic carbocycles. The Labute approximate surface area is 206 Å². The summed E-state index contributed by atoms with van der Waals surface area (Å²) in [5.41, 5.74) is 2.31. The first-order valence-corrected chi connectivity index (χ1v) is 11.7. The maximum absolute atomic E-state index is 13.3. The summed E-state index contributed by atoms with van der Waals surface area (Å²) in [5, 5.41) is 11.4. The van der Waals surface area contributed by atoms with Gasteiger partial charge in [-0.3, -0.25) is 14.5 Å². The summed E-state index contributed by atoms with van der Waals surface area (Å²) in [6.45, 7) is 5.46. The molecule has 1 aliphatic heterocycles. The van der Waals surface area contributed by atoms with Crippen molar-refractivity contribution < 1.29 is 29.0 Å². The number of aromatic nitrogens is 1. The lowest BCUT2D eigenvalue weighted by Gasteiger charge is -2.23. The van der Waals surface area contributed by atoms with Crippen LogP contribution in [0.2, 0.25) is 0 Å². The molecule has 4 rings (SSSR count). The number of aliphatic hydroxyl groups excluding tert-OH is 1. The largest absolute Gasteiger partial charge is 0.507 e. The highest BCUT2D eigenvalue weighted by Crippen LogP contribution is 2.44. The Morgan fingerprint density at radius 2 is 1.74 bits per heavy atom. The molecule has 1 saturated heterocycles. The molecular formula is C26H24N2O6S. The van der Waals surface area contributed by atoms with Gasteiger partial charge in [0.25, 0.3) is 5.78 Å². The van der Waals surface area contributed by atoms with Gasteiger partial charge in [0.05, 0.1) is 31.0 Å². The molecule has 2 heterocycles. The summed E-state index contributed by atoms with van der Waals surface area (Å²) < 4.78 is 10.3. The fraction of sp³-hybridized carbons (Fsp3) is 0.231. The van der Waals surface area contributed by atoms with Crippen LogP contribution in [0.3, 0.4) is 0 Å². The molecule has 0 bridgehead atoms. The highest BCUT2D eigenvalue weighted by atomic mass is 32.1. The molecule has 0 aliphatic carbocycles. The van der Waals surface area contributed by atoms with E-state index >= 15 is 0 Å². The van der Waals surface area contributed by atoms with Crippen molar-refractivity contribution in [1.82, 2.24) is 4.98 Å². The normalized spacial score (nSPS) is 17.0. The van der Waals surface area contributed by atoms with Crippen LogP contribution in [0.4, 0.5) is 5.13 Å². The standard InChI is InChI=1S/C26H24N2O6S/c1-5-34-25(32)23-15(3)27-26(35-23)28-20(16-8-6-14(2)7-9-16)19(22(30)24(28)31)21(29)17-10-12-18(33-4)13-11-17/h6-13,20,29H,5H2,1-4H3/b21-19+/t20-/m0/s1. The molecule has 0 saturated carbocycles. The van der Waals surface area contributed by atoms with Crippen LogP contribution < -0.4 is 9.64 Å². The zero-order chi connectivity index (χ0) is 25.3. The lowest BCUT2D eigenvalue weighted by Crippen LogP contribution is -2.29. The first-order chi connectivity index (χ1) is 16.8. The zero-order valence-corrected chi connectivity index (χ0v) is 20.5. The molecule has 0 spiro atoms.